The fourth-order valence-electron chi connectivity index (χ4n) is 3.42. The Kier molecular flexibility index (Phi) is 4.36. The van der Waals surface area contributed by atoms with Crippen molar-refractivity contribution in [1.82, 2.24) is 19.6 Å². The van der Waals surface area contributed by atoms with Crippen LogP contribution in [0.25, 0.3) is 28.0 Å². The van der Waals surface area contributed by atoms with E-state index < -0.39 is 6.43 Å². The van der Waals surface area contributed by atoms with Crippen molar-refractivity contribution in [3.63, 3.8) is 0 Å². The maximum atomic E-state index is 12.9. The molecule has 0 amide bonds. The molecule has 0 fully saturated rings. The van der Waals surface area contributed by atoms with Gasteiger partial charge in [0.2, 0.25) is 5.28 Å². The van der Waals surface area contributed by atoms with Gasteiger partial charge in [0.25, 0.3) is 12.2 Å². The van der Waals surface area contributed by atoms with Crippen LogP contribution in [0.15, 0.2) is 65.1 Å². The fraction of sp³-hybridized carbons (Fsp3) is 0.0952. The molecular formula is C21H14ClF2N5O. The molecule has 0 saturated carbocycles. The van der Waals surface area contributed by atoms with Gasteiger partial charge in [-0.2, -0.15) is 4.98 Å². The Labute approximate surface area is 174 Å². The third-order valence-electron chi connectivity index (χ3n) is 4.88. The minimum Gasteiger partial charge on any atom is -0.455 e. The lowest BCUT2D eigenvalue weighted by molar-refractivity contribution is 0.123. The van der Waals surface area contributed by atoms with Gasteiger partial charge >= 0.3 is 0 Å². The summed E-state index contributed by atoms with van der Waals surface area (Å²) in [5, 5.41) is 9.05. The van der Waals surface area contributed by atoms with Gasteiger partial charge in [0.15, 0.2) is 5.76 Å². The van der Waals surface area contributed by atoms with Crippen LogP contribution in [0.3, 0.4) is 0 Å². The molecule has 0 radical (unpaired) electrons. The first-order chi connectivity index (χ1) is 14.5. The monoisotopic (exact) mass is 425 g/mol. The zero-order chi connectivity index (χ0) is 20.8. The first kappa shape index (κ1) is 18.5. The summed E-state index contributed by atoms with van der Waals surface area (Å²) in [7, 11) is 1.87. The predicted molar refractivity (Wildman–Crippen MR) is 110 cm³/mol. The van der Waals surface area contributed by atoms with Crippen molar-refractivity contribution in [2.45, 2.75) is 6.43 Å². The summed E-state index contributed by atoms with van der Waals surface area (Å²) in [5.41, 5.74) is 2.31. The molecule has 0 atom stereocenters. The normalized spacial score (nSPS) is 11.6. The number of nitrogens with zero attached hydrogens (tertiary/aromatic N) is 5. The van der Waals surface area contributed by atoms with Crippen molar-refractivity contribution in [3.8, 4) is 11.3 Å². The van der Waals surface area contributed by atoms with Crippen molar-refractivity contribution in [3.05, 3.63) is 71.7 Å². The Bertz CT molecular complexity index is 1380. The molecule has 30 heavy (non-hydrogen) atoms. The first-order valence-electron chi connectivity index (χ1n) is 9.04. The summed E-state index contributed by atoms with van der Waals surface area (Å²) in [6, 6.07) is 17.9. The number of fused-ring (bicyclic) bond motifs is 3. The second-order valence-corrected chi connectivity index (χ2v) is 7.01. The Morgan fingerprint density at radius 3 is 2.67 bits per heavy atom. The van der Waals surface area contributed by atoms with Crippen LogP contribution in [0, 0.1) is 0 Å². The van der Waals surface area contributed by atoms with Crippen molar-refractivity contribution in [2.75, 3.05) is 11.9 Å². The Hall–Kier alpha value is -3.52. The van der Waals surface area contributed by atoms with E-state index in [0.29, 0.717) is 22.9 Å². The molecule has 6 nitrogen and oxygen atoms in total. The number of furan rings is 1. The van der Waals surface area contributed by atoms with E-state index in [-0.39, 0.29) is 11.0 Å². The molecule has 0 saturated heterocycles. The summed E-state index contributed by atoms with van der Waals surface area (Å²) in [6.45, 7) is 0. The smallest absolute Gasteiger partial charge is 0.295 e. The van der Waals surface area contributed by atoms with Crippen LogP contribution in [-0.2, 0) is 0 Å². The number of aromatic nitrogens is 4. The second kappa shape index (κ2) is 7.07. The predicted octanol–water partition coefficient (Wildman–Crippen LogP) is 5.90. The standard InChI is InChI=1S/C21H14ClF2N5O/c1-28(13-6-4-5-12(11-13)16-9-10-17(30-16)18(23)24)19-14-7-2-3-8-15(14)29-20(22)26-27-21(29)25-19/h2-11,18H,1H3. The molecule has 5 aromatic rings. The molecule has 2 aromatic carbocycles. The second-order valence-electron chi connectivity index (χ2n) is 6.67. The van der Waals surface area contributed by atoms with E-state index in [2.05, 4.69) is 15.2 Å². The van der Waals surface area contributed by atoms with Gasteiger partial charge in [-0.1, -0.05) is 24.3 Å². The first-order valence-corrected chi connectivity index (χ1v) is 9.42. The molecule has 5 rings (SSSR count). The number of hydrogen-bond donors (Lipinski definition) is 0. The fourth-order valence-corrected chi connectivity index (χ4v) is 3.63. The van der Waals surface area contributed by atoms with E-state index >= 15 is 0 Å². The molecular weight excluding hydrogens is 412 g/mol. The lowest BCUT2D eigenvalue weighted by atomic mass is 10.1. The largest absolute Gasteiger partial charge is 0.455 e. The highest BCUT2D eigenvalue weighted by Crippen LogP contribution is 2.34. The zero-order valence-corrected chi connectivity index (χ0v) is 16.4. The van der Waals surface area contributed by atoms with Crippen molar-refractivity contribution in [2.24, 2.45) is 0 Å². The van der Waals surface area contributed by atoms with Crippen LogP contribution < -0.4 is 4.90 Å². The third-order valence-corrected chi connectivity index (χ3v) is 5.12. The van der Waals surface area contributed by atoms with Gasteiger partial charge in [-0.3, -0.25) is 0 Å². The molecule has 3 heterocycles. The van der Waals surface area contributed by atoms with Gasteiger partial charge in [-0.15, -0.1) is 10.2 Å². The molecule has 3 aromatic heterocycles. The third kappa shape index (κ3) is 2.96. The number of benzene rings is 2. The number of hydrogen-bond acceptors (Lipinski definition) is 5. The summed E-state index contributed by atoms with van der Waals surface area (Å²) >= 11 is 6.19. The average molecular weight is 426 g/mol. The van der Waals surface area contributed by atoms with Crippen LogP contribution in [0.5, 0.6) is 0 Å². The number of halogens is 3. The SMILES string of the molecule is CN(c1cccc(-c2ccc(C(F)F)o2)c1)c1nc2nnc(Cl)n2c2ccccc12. The molecule has 0 bridgehead atoms. The maximum absolute atomic E-state index is 12.9. The Balaban J connectivity index is 1.62. The van der Waals surface area contributed by atoms with Gasteiger partial charge in [0.05, 0.1) is 5.52 Å². The van der Waals surface area contributed by atoms with Crippen LogP contribution in [0.1, 0.15) is 12.2 Å². The topological polar surface area (TPSA) is 59.5 Å². The molecule has 0 aliphatic carbocycles. The summed E-state index contributed by atoms with van der Waals surface area (Å²) in [4.78, 5) is 6.53. The van der Waals surface area contributed by atoms with Gasteiger partial charge in [0.1, 0.15) is 11.6 Å². The van der Waals surface area contributed by atoms with Crippen LogP contribution in [0.2, 0.25) is 5.28 Å². The van der Waals surface area contributed by atoms with Gasteiger partial charge in [0, 0.05) is 23.7 Å². The molecule has 0 aliphatic rings. The summed E-state index contributed by atoms with van der Waals surface area (Å²) < 4.78 is 32.7. The lowest BCUT2D eigenvalue weighted by Crippen LogP contribution is -2.13. The summed E-state index contributed by atoms with van der Waals surface area (Å²) in [5.74, 6) is 1.06. The van der Waals surface area contributed by atoms with Crippen LogP contribution >= 0.6 is 11.6 Å². The quantitative estimate of drug-likeness (QED) is 0.359. The van der Waals surface area contributed by atoms with Crippen molar-refractivity contribution >= 4 is 39.8 Å². The van der Waals surface area contributed by atoms with E-state index in [0.717, 1.165) is 16.6 Å². The van der Waals surface area contributed by atoms with Crippen molar-refractivity contribution in [1.29, 1.82) is 0 Å². The highest BCUT2D eigenvalue weighted by atomic mass is 35.5. The van der Waals surface area contributed by atoms with Gasteiger partial charge < -0.3 is 9.32 Å². The lowest BCUT2D eigenvalue weighted by Gasteiger charge is -2.21. The Morgan fingerprint density at radius 1 is 1.03 bits per heavy atom. The minimum atomic E-state index is -2.65. The number of anilines is 2. The zero-order valence-electron chi connectivity index (χ0n) is 15.6. The molecule has 0 unspecified atom stereocenters. The van der Waals surface area contributed by atoms with E-state index in [1.165, 1.54) is 6.07 Å². The number of rotatable bonds is 4. The maximum Gasteiger partial charge on any atom is 0.295 e. The number of alkyl halides is 2. The highest BCUT2D eigenvalue weighted by molar-refractivity contribution is 6.29. The van der Waals surface area contributed by atoms with Gasteiger partial charge in [-0.05, 0) is 48.0 Å². The van der Waals surface area contributed by atoms with E-state index in [4.69, 9.17) is 16.0 Å². The highest BCUT2D eigenvalue weighted by Gasteiger charge is 2.18. The van der Waals surface area contributed by atoms with Crippen LogP contribution in [0.4, 0.5) is 20.3 Å². The molecule has 0 N–H and O–H groups in total. The van der Waals surface area contributed by atoms with E-state index in [9.17, 15) is 8.78 Å². The van der Waals surface area contributed by atoms with Crippen molar-refractivity contribution < 1.29 is 13.2 Å². The van der Waals surface area contributed by atoms with E-state index in [1.807, 2.05) is 54.4 Å². The van der Waals surface area contributed by atoms with Crippen LogP contribution in [-0.4, -0.2) is 26.6 Å². The molecule has 150 valence electrons. The minimum absolute atomic E-state index is 0.234. The number of para-hydroxylation sites is 1. The van der Waals surface area contributed by atoms with Gasteiger partial charge in [-0.25, -0.2) is 13.2 Å². The average Bonchev–Trinajstić information content (AvgIpc) is 3.40. The molecule has 0 aliphatic heterocycles. The summed E-state index contributed by atoms with van der Waals surface area (Å²) in [6.07, 6.45) is -2.65. The van der Waals surface area contributed by atoms with E-state index in [1.54, 1.807) is 16.5 Å². The molecule has 9 heteroatoms. The Morgan fingerprint density at radius 2 is 1.87 bits per heavy atom. The molecule has 0 spiro atoms.